The van der Waals surface area contributed by atoms with Gasteiger partial charge < -0.3 is 19.8 Å². The Morgan fingerprint density at radius 2 is 1.22 bits per heavy atom. The van der Waals surface area contributed by atoms with Crippen LogP contribution in [0, 0.1) is 0 Å². The van der Waals surface area contributed by atoms with E-state index in [0.717, 1.165) is 0 Å². The van der Waals surface area contributed by atoms with Gasteiger partial charge in [-0.25, -0.2) is 0 Å². The molecule has 0 amide bonds. The minimum absolute atomic E-state index is 0. The van der Waals surface area contributed by atoms with E-state index in [-0.39, 0.29) is 17.4 Å². The number of carbonyl (C=O) groups excluding carboxylic acids is 2. The van der Waals surface area contributed by atoms with Crippen LogP contribution in [0.3, 0.4) is 0 Å². The van der Waals surface area contributed by atoms with Crippen LogP contribution in [-0.4, -0.2) is 11.9 Å². The molecule has 5 heteroatoms. The number of carboxylic acids is 2. The van der Waals surface area contributed by atoms with E-state index in [0.29, 0.717) is 12.2 Å². The number of carboxylic acid groups (broad SMARTS) is 2. The molecule has 0 aromatic heterocycles. The maximum absolute atomic E-state index is 9.41. The fourth-order valence-electron chi connectivity index (χ4n) is 0.136. The molecule has 0 unspecified atom stereocenters. The van der Waals surface area contributed by atoms with Crippen molar-refractivity contribution in [2.75, 3.05) is 0 Å². The molecular formula is C4H2CrO4. The van der Waals surface area contributed by atoms with Crippen molar-refractivity contribution in [3.05, 3.63) is 12.2 Å². The molecule has 0 atom stereocenters. The maximum Gasteiger partial charge on any atom is 2.00 e. The van der Waals surface area contributed by atoms with Crippen LogP contribution in [-0.2, 0) is 27.0 Å². The van der Waals surface area contributed by atoms with Crippen LogP contribution in [0.5, 0.6) is 0 Å². The monoisotopic (exact) mass is 166 g/mol. The molecule has 0 N–H and O–H groups in total. The number of carbonyl (C=O) groups is 2. The Balaban J connectivity index is 0. The maximum atomic E-state index is 9.41. The number of aliphatic carboxylic acids is 2. The van der Waals surface area contributed by atoms with Crippen molar-refractivity contribution in [1.29, 1.82) is 0 Å². The first-order valence-corrected chi connectivity index (χ1v) is 1.73. The molecule has 0 aliphatic heterocycles. The van der Waals surface area contributed by atoms with Gasteiger partial charge in [-0.2, -0.15) is 0 Å². The number of hydrogen-bond donors (Lipinski definition) is 0. The molecule has 4 nitrogen and oxygen atoms in total. The SMILES string of the molecule is O=C([O-])/C=C\C(=O)[O-].[Cr+2]. The van der Waals surface area contributed by atoms with Crippen molar-refractivity contribution in [2.24, 2.45) is 0 Å². The number of hydrogen-bond acceptors (Lipinski definition) is 4. The fourth-order valence-corrected chi connectivity index (χ4v) is 0.136. The summed E-state index contributed by atoms with van der Waals surface area (Å²) in [7, 11) is 0. The van der Waals surface area contributed by atoms with Crippen molar-refractivity contribution in [3.63, 3.8) is 0 Å². The van der Waals surface area contributed by atoms with Crippen LogP contribution >= 0.6 is 0 Å². The minimum Gasteiger partial charge on any atom is -0.545 e. The van der Waals surface area contributed by atoms with E-state index in [2.05, 4.69) is 0 Å². The second-order valence-corrected chi connectivity index (χ2v) is 0.971. The molecule has 0 saturated carbocycles. The minimum atomic E-state index is -1.55. The molecule has 0 aromatic carbocycles. The summed E-state index contributed by atoms with van der Waals surface area (Å²) in [6.07, 6.45) is 0.769. The average molecular weight is 166 g/mol. The third-order valence-corrected chi connectivity index (χ3v) is 0.355. The van der Waals surface area contributed by atoms with Crippen molar-refractivity contribution in [2.45, 2.75) is 0 Å². The zero-order valence-corrected chi connectivity index (χ0v) is 5.47. The molecule has 0 radical (unpaired) electrons. The molecule has 0 aliphatic rings. The molecule has 0 aliphatic carbocycles. The van der Waals surface area contributed by atoms with Crippen molar-refractivity contribution < 1.29 is 37.2 Å². The molecule has 0 aromatic rings. The van der Waals surface area contributed by atoms with E-state index in [1.807, 2.05) is 0 Å². The van der Waals surface area contributed by atoms with Gasteiger partial charge >= 0.3 is 17.4 Å². The average Bonchev–Trinajstić information content (AvgIpc) is 1.61. The van der Waals surface area contributed by atoms with E-state index in [1.165, 1.54) is 0 Å². The first-order chi connectivity index (χ1) is 3.63. The van der Waals surface area contributed by atoms with E-state index < -0.39 is 11.9 Å². The van der Waals surface area contributed by atoms with Crippen LogP contribution < -0.4 is 10.2 Å². The Hall–Kier alpha value is -0.788. The van der Waals surface area contributed by atoms with Crippen molar-refractivity contribution in [1.82, 2.24) is 0 Å². The molecule has 0 spiro atoms. The largest absolute Gasteiger partial charge is 2.00 e. The summed E-state index contributed by atoms with van der Waals surface area (Å²) < 4.78 is 0. The van der Waals surface area contributed by atoms with Gasteiger partial charge in [-0.3, -0.25) is 0 Å². The molecular weight excluding hydrogens is 164 g/mol. The van der Waals surface area contributed by atoms with Gasteiger partial charge in [-0.15, -0.1) is 0 Å². The van der Waals surface area contributed by atoms with Gasteiger partial charge in [-0.05, 0) is 12.2 Å². The Kier molecular flexibility index (Phi) is 6.58. The number of rotatable bonds is 2. The van der Waals surface area contributed by atoms with Gasteiger partial charge in [-0.1, -0.05) is 0 Å². The summed E-state index contributed by atoms with van der Waals surface area (Å²) in [6.45, 7) is 0. The summed E-state index contributed by atoms with van der Waals surface area (Å²) in [5, 5.41) is 18.8. The first-order valence-electron chi connectivity index (χ1n) is 1.73. The van der Waals surface area contributed by atoms with Crippen LogP contribution in [0.4, 0.5) is 0 Å². The fraction of sp³-hybridized carbons (Fsp3) is 0. The first kappa shape index (κ1) is 11.1. The summed E-state index contributed by atoms with van der Waals surface area (Å²) in [4.78, 5) is 18.8. The van der Waals surface area contributed by atoms with E-state index in [4.69, 9.17) is 0 Å². The standard InChI is InChI=1S/C4H4O4.Cr/c5-3(6)1-2-4(7)8;/h1-2H,(H,5,6)(H,7,8);/q;+2/p-2/b2-1-;. The van der Waals surface area contributed by atoms with E-state index in [9.17, 15) is 19.8 Å². The molecule has 0 heterocycles. The van der Waals surface area contributed by atoms with E-state index in [1.54, 1.807) is 0 Å². The molecule has 0 bridgehead atoms. The van der Waals surface area contributed by atoms with Gasteiger partial charge in [0.1, 0.15) is 0 Å². The van der Waals surface area contributed by atoms with Crippen LogP contribution in [0.1, 0.15) is 0 Å². The van der Waals surface area contributed by atoms with Crippen LogP contribution in [0.2, 0.25) is 0 Å². The van der Waals surface area contributed by atoms with Gasteiger partial charge in [0.2, 0.25) is 0 Å². The predicted octanol–water partition coefficient (Wildman–Crippen LogP) is -2.96. The summed E-state index contributed by atoms with van der Waals surface area (Å²) in [5.74, 6) is -3.09. The Morgan fingerprint density at radius 3 is 1.33 bits per heavy atom. The Bertz CT molecular complexity index is 124. The second-order valence-electron chi connectivity index (χ2n) is 0.971. The normalized spacial score (nSPS) is 8.44. The van der Waals surface area contributed by atoms with Crippen LogP contribution in [0.25, 0.3) is 0 Å². The quantitative estimate of drug-likeness (QED) is 0.410. The second kappa shape index (κ2) is 5.35. The Morgan fingerprint density at radius 1 is 1.00 bits per heavy atom. The molecule has 0 saturated heterocycles. The van der Waals surface area contributed by atoms with E-state index >= 15 is 0 Å². The summed E-state index contributed by atoms with van der Waals surface area (Å²) in [6, 6.07) is 0. The zero-order chi connectivity index (χ0) is 6.57. The summed E-state index contributed by atoms with van der Waals surface area (Å²) in [5.41, 5.74) is 0. The predicted molar refractivity (Wildman–Crippen MR) is 19.2 cm³/mol. The third-order valence-electron chi connectivity index (χ3n) is 0.355. The topological polar surface area (TPSA) is 80.3 Å². The molecule has 0 rings (SSSR count). The van der Waals surface area contributed by atoms with Crippen molar-refractivity contribution >= 4 is 11.9 Å². The third kappa shape index (κ3) is 11.0. The van der Waals surface area contributed by atoms with Gasteiger partial charge in [0.05, 0.1) is 11.9 Å². The zero-order valence-electron chi connectivity index (χ0n) is 4.20. The molecule has 9 heavy (non-hydrogen) atoms. The van der Waals surface area contributed by atoms with Crippen molar-refractivity contribution in [3.8, 4) is 0 Å². The molecule has 48 valence electrons. The Labute approximate surface area is 61.9 Å². The smallest absolute Gasteiger partial charge is 0.545 e. The van der Waals surface area contributed by atoms with Gasteiger partial charge in [0, 0.05) is 0 Å². The molecule has 0 fully saturated rings. The summed E-state index contributed by atoms with van der Waals surface area (Å²) >= 11 is 0. The van der Waals surface area contributed by atoms with Gasteiger partial charge in [0.15, 0.2) is 0 Å². The van der Waals surface area contributed by atoms with Gasteiger partial charge in [0.25, 0.3) is 0 Å². The van der Waals surface area contributed by atoms with Crippen LogP contribution in [0.15, 0.2) is 12.2 Å².